The predicted molar refractivity (Wildman–Crippen MR) is 135 cm³/mol. The van der Waals surface area contributed by atoms with Gasteiger partial charge < -0.3 is 10.2 Å². The quantitative estimate of drug-likeness (QED) is 0.307. The molecule has 6 heteroatoms. The summed E-state index contributed by atoms with van der Waals surface area (Å²) in [5.74, 6) is -1.56. The van der Waals surface area contributed by atoms with Gasteiger partial charge in [0.1, 0.15) is 11.4 Å². The van der Waals surface area contributed by atoms with E-state index in [0.29, 0.717) is 40.3 Å². The summed E-state index contributed by atoms with van der Waals surface area (Å²) in [5.41, 5.74) is 3.75. The summed E-state index contributed by atoms with van der Waals surface area (Å²) in [7, 11) is 0. The molecule has 0 spiro atoms. The first kappa shape index (κ1) is 23.8. The second kappa shape index (κ2) is 10.7. The number of aromatic carboxylic acids is 2. The normalized spacial score (nSPS) is 10.8. The van der Waals surface area contributed by atoms with Gasteiger partial charge in [-0.05, 0) is 29.2 Å². The Labute approximate surface area is 204 Å². The Morgan fingerprint density at radius 2 is 1.46 bits per heavy atom. The molecule has 2 N–H and O–H groups in total. The van der Waals surface area contributed by atoms with E-state index in [1.165, 1.54) is 0 Å². The van der Waals surface area contributed by atoms with Gasteiger partial charge in [0, 0.05) is 18.4 Å². The van der Waals surface area contributed by atoms with Gasteiger partial charge in [0.25, 0.3) is 0 Å². The standard InChI is InChI=1S/C29H26N2O4/c1-2-3-14-25-30-24(26(29(34)35)27(31-25)21-12-8-5-9-13-21)18-19-15-16-22(23(17-19)28(32)33)20-10-6-4-7-11-20/h4-13,15-17H,2-3,14,18H2,1H3,(H,32,33)(H,34,35). The van der Waals surface area contributed by atoms with Crippen LogP contribution in [-0.2, 0) is 12.8 Å². The third kappa shape index (κ3) is 5.44. The summed E-state index contributed by atoms with van der Waals surface area (Å²) >= 11 is 0. The van der Waals surface area contributed by atoms with E-state index in [0.717, 1.165) is 18.4 Å². The molecular weight excluding hydrogens is 440 g/mol. The second-order valence-corrected chi connectivity index (χ2v) is 8.31. The van der Waals surface area contributed by atoms with Crippen LogP contribution in [0.4, 0.5) is 0 Å². The highest BCUT2D eigenvalue weighted by Crippen LogP contribution is 2.29. The largest absolute Gasteiger partial charge is 0.478 e. The molecule has 0 radical (unpaired) electrons. The zero-order valence-electron chi connectivity index (χ0n) is 19.4. The van der Waals surface area contributed by atoms with Crippen molar-refractivity contribution >= 4 is 11.9 Å². The van der Waals surface area contributed by atoms with Gasteiger partial charge >= 0.3 is 11.9 Å². The molecule has 0 bridgehead atoms. The molecule has 0 aliphatic rings. The van der Waals surface area contributed by atoms with Crippen molar-refractivity contribution in [2.45, 2.75) is 32.6 Å². The minimum Gasteiger partial charge on any atom is -0.478 e. The molecule has 176 valence electrons. The lowest BCUT2D eigenvalue weighted by molar-refractivity contribution is 0.0685. The van der Waals surface area contributed by atoms with Gasteiger partial charge in [-0.1, -0.05) is 86.1 Å². The molecule has 35 heavy (non-hydrogen) atoms. The highest BCUT2D eigenvalue weighted by atomic mass is 16.4. The van der Waals surface area contributed by atoms with Crippen LogP contribution >= 0.6 is 0 Å². The Morgan fingerprint density at radius 3 is 2.06 bits per heavy atom. The van der Waals surface area contributed by atoms with Gasteiger partial charge in [-0.15, -0.1) is 0 Å². The van der Waals surface area contributed by atoms with Crippen molar-refractivity contribution in [3.63, 3.8) is 0 Å². The van der Waals surface area contributed by atoms with Gasteiger partial charge in [-0.3, -0.25) is 0 Å². The zero-order valence-corrected chi connectivity index (χ0v) is 19.4. The molecule has 0 saturated carbocycles. The highest BCUT2D eigenvalue weighted by molar-refractivity contribution is 5.97. The van der Waals surface area contributed by atoms with E-state index >= 15 is 0 Å². The van der Waals surface area contributed by atoms with E-state index in [1.807, 2.05) is 66.7 Å². The van der Waals surface area contributed by atoms with Crippen LogP contribution in [0.5, 0.6) is 0 Å². The minimum absolute atomic E-state index is 0.0421. The number of carboxylic acid groups (broad SMARTS) is 2. The first-order valence-electron chi connectivity index (χ1n) is 11.6. The Morgan fingerprint density at radius 1 is 0.800 bits per heavy atom. The van der Waals surface area contributed by atoms with E-state index in [4.69, 9.17) is 0 Å². The molecule has 3 aromatic carbocycles. The maximum atomic E-state index is 12.4. The van der Waals surface area contributed by atoms with E-state index in [9.17, 15) is 19.8 Å². The SMILES string of the molecule is CCCCc1nc(Cc2ccc(-c3ccccc3)c(C(=O)O)c2)c(C(=O)O)c(-c2ccccc2)n1. The van der Waals surface area contributed by atoms with Crippen molar-refractivity contribution in [1.29, 1.82) is 0 Å². The van der Waals surface area contributed by atoms with Crippen LogP contribution in [0, 0.1) is 0 Å². The summed E-state index contributed by atoms with van der Waals surface area (Å²) in [6.45, 7) is 2.08. The van der Waals surface area contributed by atoms with Crippen LogP contribution in [0.2, 0.25) is 0 Å². The van der Waals surface area contributed by atoms with Crippen molar-refractivity contribution in [1.82, 2.24) is 9.97 Å². The number of unbranched alkanes of at least 4 members (excludes halogenated alkanes) is 1. The third-order valence-electron chi connectivity index (χ3n) is 5.82. The lowest BCUT2D eigenvalue weighted by atomic mass is 9.94. The number of benzene rings is 3. The van der Waals surface area contributed by atoms with Gasteiger partial charge in [0.05, 0.1) is 17.0 Å². The molecule has 4 aromatic rings. The highest BCUT2D eigenvalue weighted by Gasteiger charge is 2.22. The van der Waals surface area contributed by atoms with Gasteiger partial charge in [0.2, 0.25) is 0 Å². The Hall–Kier alpha value is -4.32. The molecule has 0 aliphatic heterocycles. The number of nitrogens with zero attached hydrogens (tertiary/aromatic N) is 2. The van der Waals surface area contributed by atoms with Gasteiger partial charge in [-0.2, -0.15) is 0 Å². The molecule has 6 nitrogen and oxygen atoms in total. The fourth-order valence-electron chi connectivity index (χ4n) is 4.10. The molecule has 1 heterocycles. The molecule has 0 unspecified atom stereocenters. The summed E-state index contributed by atoms with van der Waals surface area (Å²) in [6, 6.07) is 23.7. The van der Waals surface area contributed by atoms with Crippen molar-refractivity contribution in [2.24, 2.45) is 0 Å². The average molecular weight is 467 g/mol. The maximum absolute atomic E-state index is 12.4. The van der Waals surface area contributed by atoms with Crippen molar-refractivity contribution < 1.29 is 19.8 Å². The third-order valence-corrected chi connectivity index (χ3v) is 5.82. The van der Waals surface area contributed by atoms with E-state index in [-0.39, 0.29) is 17.5 Å². The van der Waals surface area contributed by atoms with Gasteiger partial charge in [-0.25, -0.2) is 19.6 Å². The minimum atomic E-state index is -1.11. The number of hydrogen-bond donors (Lipinski definition) is 2. The van der Waals surface area contributed by atoms with Crippen LogP contribution in [0.15, 0.2) is 78.9 Å². The van der Waals surface area contributed by atoms with Crippen LogP contribution in [-0.4, -0.2) is 32.1 Å². The van der Waals surface area contributed by atoms with Crippen LogP contribution in [0.25, 0.3) is 22.4 Å². The number of aryl methyl sites for hydroxylation is 1. The van der Waals surface area contributed by atoms with E-state index < -0.39 is 11.9 Å². The van der Waals surface area contributed by atoms with E-state index in [1.54, 1.807) is 12.1 Å². The number of rotatable bonds is 9. The first-order chi connectivity index (χ1) is 17.0. The molecule has 0 fully saturated rings. The summed E-state index contributed by atoms with van der Waals surface area (Å²) in [4.78, 5) is 33.7. The number of hydrogen-bond acceptors (Lipinski definition) is 4. The molecular formula is C29H26N2O4. The van der Waals surface area contributed by atoms with Crippen molar-refractivity contribution in [2.75, 3.05) is 0 Å². The van der Waals surface area contributed by atoms with Gasteiger partial charge in [0.15, 0.2) is 0 Å². The van der Waals surface area contributed by atoms with Crippen LogP contribution in [0.1, 0.15) is 57.6 Å². The molecule has 1 aromatic heterocycles. The number of carbonyl (C=O) groups is 2. The van der Waals surface area contributed by atoms with Crippen molar-refractivity contribution in [3.8, 4) is 22.4 Å². The van der Waals surface area contributed by atoms with Crippen molar-refractivity contribution in [3.05, 3.63) is 107 Å². The first-order valence-corrected chi connectivity index (χ1v) is 11.6. The van der Waals surface area contributed by atoms with Crippen LogP contribution in [0.3, 0.4) is 0 Å². The number of aromatic nitrogens is 2. The van der Waals surface area contributed by atoms with Crippen LogP contribution < -0.4 is 0 Å². The van der Waals surface area contributed by atoms with E-state index in [2.05, 4.69) is 16.9 Å². The maximum Gasteiger partial charge on any atom is 0.339 e. The molecule has 0 aliphatic carbocycles. The lowest BCUT2D eigenvalue weighted by Gasteiger charge is -2.14. The molecule has 0 saturated heterocycles. The Balaban J connectivity index is 1.83. The molecule has 0 amide bonds. The Bertz CT molecular complexity index is 1350. The summed E-state index contributed by atoms with van der Waals surface area (Å²) < 4.78 is 0. The zero-order chi connectivity index (χ0) is 24.8. The fraction of sp³-hybridized carbons (Fsp3) is 0.172. The summed E-state index contributed by atoms with van der Waals surface area (Å²) in [6.07, 6.45) is 2.66. The average Bonchev–Trinajstić information content (AvgIpc) is 2.88. The molecule has 4 rings (SSSR count). The fourth-order valence-corrected chi connectivity index (χ4v) is 4.10. The number of carboxylic acids is 2. The Kier molecular flexibility index (Phi) is 7.31. The monoisotopic (exact) mass is 466 g/mol. The molecule has 0 atom stereocenters. The lowest BCUT2D eigenvalue weighted by Crippen LogP contribution is -2.13. The topological polar surface area (TPSA) is 100 Å². The predicted octanol–water partition coefficient (Wildman–Crippen LogP) is 6.14. The second-order valence-electron chi connectivity index (χ2n) is 8.31. The summed E-state index contributed by atoms with van der Waals surface area (Å²) in [5, 5.41) is 20.0. The smallest absolute Gasteiger partial charge is 0.339 e.